The van der Waals surface area contributed by atoms with E-state index < -0.39 is 0 Å². The lowest BCUT2D eigenvalue weighted by Crippen LogP contribution is -2.26. The molecule has 1 atom stereocenters. The Labute approximate surface area is 97.4 Å². The van der Waals surface area contributed by atoms with Crippen molar-refractivity contribution in [3.8, 4) is 0 Å². The first-order valence-corrected chi connectivity index (χ1v) is 6.40. The summed E-state index contributed by atoms with van der Waals surface area (Å²) in [5.41, 5.74) is 10.6. The van der Waals surface area contributed by atoms with E-state index in [9.17, 15) is 0 Å². The smallest absolute Gasteiger partial charge is 0.0234 e. The number of nitrogens with two attached hydrogens (primary N) is 1. The van der Waals surface area contributed by atoms with Crippen LogP contribution in [0, 0.1) is 0 Å². The van der Waals surface area contributed by atoms with E-state index in [1.807, 2.05) is 0 Å². The number of hydrogen-bond donors (Lipinski definition) is 1. The number of benzene rings is 1. The zero-order valence-corrected chi connectivity index (χ0v) is 9.78. The van der Waals surface area contributed by atoms with Gasteiger partial charge < -0.3 is 5.73 Å². The Morgan fingerprint density at radius 2 is 2.12 bits per heavy atom. The fourth-order valence-corrected chi connectivity index (χ4v) is 2.99. The summed E-state index contributed by atoms with van der Waals surface area (Å²) in [5, 5.41) is 0. The highest BCUT2D eigenvalue weighted by Crippen LogP contribution is 2.23. The monoisotopic (exact) mass is 216 g/mol. The van der Waals surface area contributed by atoms with Gasteiger partial charge in [-0.15, -0.1) is 0 Å². The van der Waals surface area contributed by atoms with Gasteiger partial charge in [-0.25, -0.2) is 0 Å². The first-order valence-electron chi connectivity index (χ1n) is 6.40. The predicted octanol–water partition coefficient (Wildman–Crippen LogP) is 1.71. The van der Waals surface area contributed by atoms with E-state index >= 15 is 0 Å². The lowest BCUT2D eigenvalue weighted by atomic mass is 10.1. The molecule has 2 aliphatic rings. The van der Waals surface area contributed by atoms with Crippen LogP contribution in [0.3, 0.4) is 0 Å². The van der Waals surface area contributed by atoms with Crippen LogP contribution in [0.15, 0.2) is 18.2 Å². The van der Waals surface area contributed by atoms with E-state index in [0.717, 1.165) is 26.1 Å². The normalized spacial score (nSPS) is 24.9. The molecule has 86 valence electrons. The van der Waals surface area contributed by atoms with Crippen LogP contribution in [0.4, 0.5) is 0 Å². The molecule has 1 saturated heterocycles. The van der Waals surface area contributed by atoms with Gasteiger partial charge in [0.25, 0.3) is 0 Å². The van der Waals surface area contributed by atoms with Crippen molar-refractivity contribution in [1.82, 2.24) is 4.90 Å². The standard InChI is InChI=1S/C14H20N2/c15-14-6-7-16(10-14)9-11-4-5-12-2-1-3-13(12)8-11/h4-5,8,14H,1-3,6-7,9-10,15H2. The van der Waals surface area contributed by atoms with Crippen LogP contribution < -0.4 is 5.73 Å². The second kappa shape index (κ2) is 4.19. The highest BCUT2D eigenvalue weighted by Gasteiger charge is 2.19. The summed E-state index contributed by atoms with van der Waals surface area (Å²) in [6.45, 7) is 3.32. The Bertz CT molecular complexity index is 386. The van der Waals surface area contributed by atoms with Crippen molar-refractivity contribution in [2.24, 2.45) is 5.73 Å². The van der Waals surface area contributed by atoms with E-state index in [0.29, 0.717) is 6.04 Å². The highest BCUT2D eigenvalue weighted by molar-refractivity contribution is 5.35. The fourth-order valence-electron chi connectivity index (χ4n) is 2.99. The third-order valence-corrected chi connectivity index (χ3v) is 3.88. The van der Waals surface area contributed by atoms with Gasteiger partial charge in [0, 0.05) is 25.7 Å². The molecule has 1 aliphatic carbocycles. The Kier molecular flexibility index (Phi) is 2.70. The minimum atomic E-state index is 0.398. The van der Waals surface area contributed by atoms with Gasteiger partial charge in [0.15, 0.2) is 0 Å². The van der Waals surface area contributed by atoms with Crippen molar-refractivity contribution in [1.29, 1.82) is 0 Å². The Hall–Kier alpha value is -0.860. The SMILES string of the molecule is NC1CCN(Cc2ccc3c(c2)CCC3)C1. The van der Waals surface area contributed by atoms with Gasteiger partial charge in [0.2, 0.25) is 0 Å². The first-order chi connectivity index (χ1) is 7.81. The second-order valence-corrected chi connectivity index (χ2v) is 5.24. The summed E-state index contributed by atoms with van der Waals surface area (Å²) in [6, 6.07) is 7.43. The van der Waals surface area contributed by atoms with Gasteiger partial charge in [0.1, 0.15) is 0 Å². The Balaban J connectivity index is 1.71. The van der Waals surface area contributed by atoms with Gasteiger partial charge in [-0.3, -0.25) is 4.90 Å². The highest BCUT2D eigenvalue weighted by atomic mass is 15.2. The third kappa shape index (κ3) is 2.00. The molecule has 1 aliphatic heterocycles. The van der Waals surface area contributed by atoms with Crippen LogP contribution in [-0.2, 0) is 19.4 Å². The summed E-state index contributed by atoms with van der Waals surface area (Å²) in [5.74, 6) is 0. The largest absolute Gasteiger partial charge is 0.326 e. The van der Waals surface area contributed by atoms with Gasteiger partial charge in [-0.1, -0.05) is 18.2 Å². The molecule has 1 unspecified atom stereocenters. The van der Waals surface area contributed by atoms with Crippen molar-refractivity contribution in [3.63, 3.8) is 0 Å². The predicted molar refractivity (Wildman–Crippen MR) is 66.3 cm³/mol. The van der Waals surface area contributed by atoms with Gasteiger partial charge in [0.05, 0.1) is 0 Å². The molecule has 2 N–H and O–H groups in total. The molecule has 3 rings (SSSR count). The molecule has 0 radical (unpaired) electrons. The molecule has 1 fully saturated rings. The lowest BCUT2D eigenvalue weighted by molar-refractivity contribution is 0.327. The van der Waals surface area contributed by atoms with Crippen LogP contribution in [0.25, 0.3) is 0 Å². The van der Waals surface area contributed by atoms with Crippen molar-refractivity contribution < 1.29 is 0 Å². The number of fused-ring (bicyclic) bond motifs is 1. The summed E-state index contributed by atoms with van der Waals surface area (Å²) in [4.78, 5) is 2.47. The van der Waals surface area contributed by atoms with Crippen LogP contribution in [0.5, 0.6) is 0 Å². The van der Waals surface area contributed by atoms with Crippen LogP contribution in [0.1, 0.15) is 29.5 Å². The summed E-state index contributed by atoms with van der Waals surface area (Å²) >= 11 is 0. The molecule has 1 heterocycles. The first kappa shape index (κ1) is 10.3. The van der Waals surface area contributed by atoms with Gasteiger partial charge in [-0.2, -0.15) is 0 Å². The maximum absolute atomic E-state index is 5.93. The van der Waals surface area contributed by atoms with E-state index in [-0.39, 0.29) is 0 Å². The average molecular weight is 216 g/mol. The van der Waals surface area contributed by atoms with Crippen molar-refractivity contribution in [3.05, 3.63) is 34.9 Å². The van der Waals surface area contributed by atoms with Crippen LogP contribution in [0.2, 0.25) is 0 Å². The molecule has 2 nitrogen and oxygen atoms in total. The molecule has 1 aromatic carbocycles. The minimum absolute atomic E-state index is 0.398. The average Bonchev–Trinajstić information content (AvgIpc) is 2.87. The van der Waals surface area contributed by atoms with E-state index in [1.54, 1.807) is 11.1 Å². The van der Waals surface area contributed by atoms with E-state index in [2.05, 4.69) is 23.1 Å². The van der Waals surface area contributed by atoms with Crippen molar-refractivity contribution in [2.45, 2.75) is 38.3 Å². The number of nitrogens with zero attached hydrogens (tertiary/aromatic N) is 1. The molecular formula is C14H20N2. The molecule has 1 aromatic rings. The van der Waals surface area contributed by atoms with E-state index in [4.69, 9.17) is 5.73 Å². The number of hydrogen-bond acceptors (Lipinski definition) is 2. The molecule has 0 saturated carbocycles. The molecule has 2 heteroatoms. The quantitative estimate of drug-likeness (QED) is 0.815. The Morgan fingerprint density at radius 1 is 1.25 bits per heavy atom. The molecule has 0 aromatic heterocycles. The van der Waals surface area contributed by atoms with Crippen molar-refractivity contribution >= 4 is 0 Å². The number of rotatable bonds is 2. The molecule has 0 amide bonds. The zero-order chi connectivity index (χ0) is 11.0. The van der Waals surface area contributed by atoms with Crippen LogP contribution >= 0.6 is 0 Å². The minimum Gasteiger partial charge on any atom is -0.326 e. The maximum Gasteiger partial charge on any atom is 0.0234 e. The molecule has 0 bridgehead atoms. The molecule has 0 spiro atoms. The second-order valence-electron chi connectivity index (χ2n) is 5.24. The number of likely N-dealkylation sites (tertiary alicyclic amines) is 1. The lowest BCUT2D eigenvalue weighted by Gasteiger charge is -2.15. The van der Waals surface area contributed by atoms with Crippen LogP contribution in [-0.4, -0.2) is 24.0 Å². The molecular weight excluding hydrogens is 196 g/mol. The molecule has 16 heavy (non-hydrogen) atoms. The summed E-state index contributed by atoms with van der Waals surface area (Å²) < 4.78 is 0. The Morgan fingerprint density at radius 3 is 2.94 bits per heavy atom. The number of aryl methyl sites for hydroxylation is 2. The summed E-state index contributed by atoms with van der Waals surface area (Å²) in [7, 11) is 0. The topological polar surface area (TPSA) is 29.3 Å². The maximum atomic E-state index is 5.93. The van der Waals surface area contributed by atoms with Gasteiger partial charge in [-0.05, 0) is 42.4 Å². The van der Waals surface area contributed by atoms with E-state index in [1.165, 1.54) is 24.8 Å². The zero-order valence-electron chi connectivity index (χ0n) is 9.78. The third-order valence-electron chi connectivity index (χ3n) is 3.88. The fraction of sp³-hybridized carbons (Fsp3) is 0.571. The van der Waals surface area contributed by atoms with Gasteiger partial charge >= 0.3 is 0 Å². The van der Waals surface area contributed by atoms with Crippen molar-refractivity contribution in [2.75, 3.05) is 13.1 Å². The summed E-state index contributed by atoms with van der Waals surface area (Å²) in [6.07, 6.45) is 5.06.